The van der Waals surface area contributed by atoms with Crippen LogP contribution in [0.3, 0.4) is 0 Å². The first-order chi connectivity index (χ1) is 16.3. The van der Waals surface area contributed by atoms with Crippen molar-refractivity contribution in [3.63, 3.8) is 0 Å². The number of esters is 1. The van der Waals surface area contributed by atoms with Crippen molar-refractivity contribution in [1.82, 2.24) is 4.57 Å². The number of anilines is 1. The Morgan fingerprint density at radius 1 is 1.18 bits per heavy atom. The Morgan fingerprint density at radius 3 is 2.53 bits per heavy atom. The van der Waals surface area contributed by atoms with Gasteiger partial charge in [-0.1, -0.05) is 41.7 Å². The largest absolute Gasteiger partial charge is 0.496 e. The maximum absolute atomic E-state index is 13.7. The highest BCUT2D eigenvalue weighted by molar-refractivity contribution is 7.07. The molecule has 8 heteroatoms. The summed E-state index contributed by atoms with van der Waals surface area (Å²) in [6.45, 7) is 3.75. The van der Waals surface area contributed by atoms with E-state index in [1.165, 1.54) is 11.3 Å². The zero-order valence-electron chi connectivity index (χ0n) is 19.9. The average Bonchev–Trinajstić information content (AvgIpc) is 3.13. The van der Waals surface area contributed by atoms with Crippen LogP contribution in [-0.4, -0.2) is 38.3 Å². The van der Waals surface area contributed by atoms with E-state index in [1.807, 2.05) is 73.6 Å². The fourth-order valence-electron chi connectivity index (χ4n) is 4.00. The third kappa shape index (κ3) is 4.28. The van der Waals surface area contributed by atoms with Crippen molar-refractivity contribution in [3.05, 3.63) is 90.6 Å². The fourth-order valence-corrected chi connectivity index (χ4v) is 5.04. The van der Waals surface area contributed by atoms with Gasteiger partial charge in [-0.05, 0) is 43.7 Å². The van der Waals surface area contributed by atoms with E-state index in [0.717, 1.165) is 11.3 Å². The van der Waals surface area contributed by atoms with Crippen LogP contribution < -0.4 is 24.5 Å². The highest BCUT2D eigenvalue weighted by Gasteiger charge is 2.34. The molecule has 1 aliphatic rings. The molecule has 3 aromatic rings. The van der Waals surface area contributed by atoms with Gasteiger partial charge in [-0.2, -0.15) is 0 Å². The van der Waals surface area contributed by atoms with Crippen molar-refractivity contribution in [2.75, 3.05) is 32.7 Å². The summed E-state index contributed by atoms with van der Waals surface area (Å²) in [6.07, 6.45) is 1.85. The number of fused-ring (bicyclic) bond motifs is 1. The predicted molar refractivity (Wildman–Crippen MR) is 134 cm³/mol. The van der Waals surface area contributed by atoms with Crippen LogP contribution in [0.25, 0.3) is 6.08 Å². The summed E-state index contributed by atoms with van der Waals surface area (Å²) in [6, 6.07) is 14.6. The summed E-state index contributed by atoms with van der Waals surface area (Å²) in [7, 11) is 5.53. The summed E-state index contributed by atoms with van der Waals surface area (Å²) in [4.78, 5) is 33.8. The lowest BCUT2D eigenvalue weighted by Gasteiger charge is -2.25. The minimum absolute atomic E-state index is 0.217. The molecule has 4 rings (SSSR count). The van der Waals surface area contributed by atoms with Gasteiger partial charge < -0.3 is 14.4 Å². The average molecular weight is 478 g/mol. The highest BCUT2D eigenvalue weighted by atomic mass is 32.1. The molecule has 176 valence electrons. The molecule has 0 amide bonds. The second kappa shape index (κ2) is 9.69. The normalized spacial score (nSPS) is 15.6. The zero-order chi connectivity index (χ0) is 24.4. The lowest BCUT2D eigenvalue weighted by Crippen LogP contribution is -2.40. The molecule has 7 nitrogen and oxygen atoms in total. The van der Waals surface area contributed by atoms with Crippen molar-refractivity contribution in [3.8, 4) is 5.75 Å². The van der Waals surface area contributed by atoms with E-state index in [9.17, 15) is 9.59 Å². The van der Waals surface area contributed by atoms with Crippen LogP contribution in [0.5, 0.6) is 5.75 Å². The number of thiazole rings is 1. The number of aromatic nitrogens is 1. The molecule has 0 aliphatic carbocycles. The number of allylic oxidation sites excluding steroid dienone is 1. The van der Waals surface area contributed by atoms with Gasteiger partial charge in [0.25, 0.3) is 5.56 Å². The lowest BCUT2D eigenvalue weighted by molar-refractivity contribution is -0.139. The Bertz CT molecular complexity index is 1430. The second-order valence-electron chi connectivity index (χ2n) is 8.03. The molecule has 0 bridgehead atoms. The first-order valence-electron chi connectivity index (χ1n) is 11.0. The summed E-state index contributed by atoms with van der Waals surface area (Å²) < 4.78 is 13.0. The highest BCUT2D eigenvalue weighted by Crippen LogP contribution is 2.35. The Morgan fingerprint density at radius 2 is 1.88 bits per heavy atom. The Labute approximate surface area is 201 Å². The second-order valence-corrected chi connectivity index (χ2v) is 9.04. The molecule has 0 saturated heterocycles. The first-order valence-corrected chi connectivity index (χ1v) is 11.8. The van der Waals surface area contributed by atoms with Gasteiger partial charge in [-0.3, -0.25) is 9.36 Å². The van der Waals surface area contributed by atoms with Crippen LogP contribution in [0.15, 0.2) is 69.6 Å². The van der Waals surface area contributed by atoms with Crippen LogP contribution in [-0.2, 0) is 9.53 Å². The monoisotopic (exact) mass is 477 g/mol. The predicted octanol–water partition coefficient (Wildman–Crippen LogP) is 2.87. The molecule has 0 N–H and O–H groups in total. The molecule has 1 aromatic heterocycles. The van der Waals surface area contributed by atoms with Crippen molar-refractivity contribution < 1.29 is 14.3 Å². The maximum Gasteiger partial charge on any atom is 0.338 e. The minimum atomic E-state index is -0.704. The Kier molecular flexibility index (Phi) is 6.70. The number of benzene rings is 2. The lowest BCUT2D eigenvalue weighted by atomic mass is 9.95. The quantitative estimate of drug-likeness (QED) is 0.511. The molecule has 34 heavy (non-hydrogen) atoms. The zero-order valence-corrected chi connectivity index (χ0v) is 20.7. The summed E-state index contributed by atoms with van der Waals surface area (Å²) >= 11 is 1.30. The first kappa shape index (κ1) is 23.5. The van der Waals surface area contributed by atoms with Crippen LogP contribution in [0.1, 0.15) is 31.0 Å². The molecule has 2 heterocycles. The number of hydrogen-bond acceptors (Lipinski definition) is 7. The molecule has 0 radical (unpaired) electrons. The van der Waals surface area contributed by atoms with Crippen LogP contribution in [0.4, 0.5) is 5.69 Å². The van der Waals surface area contributed by atoms with Gasteiger partial charge in [0.15, 0.2) is 4.80 Å². The SMILES string of the molecule is CCOC(=O)C1=C(C)N=c2s/c(=C/c3ccc(N(C)C)cc3)c(=O)n2[C@H]1c1ccccc1OC. The molecular weight excluding hydrogens is 450 g/mol. The van der Waals surface area contributed by atoms with Crippen molar-refractivity contribution >= 4 is 29.1 Å². The molecule has 0 spiro atoms. The van der Waals surface area contributed by atoms with E-state index in [1.54, 1.807) is 25.5 Å². The topological polar surface area (TPSA) is 73.1 Å². The number of carbonyl (C=O) groups is 1. The molecule has 0 fully saturated rings. The van der Waals surface area contributed by atoms with Gasteiger partial charge in [0, 0.05) is 25.3 Å². The van der Waals surface area contributed by atoms with Crippen molar-refractivity contribution in [2.45, 2.75) is 19.9 Å². The number of ether oxygens (including phenoxy) is 2. The molecule has 1 aliphatic heterocycles. The standard InChI is InChI=1S/C26H27N3O4S/c1-6-33-25(31)22-16(2)27-26-29(23(22)19-9-7-8-10-20(19)32-5)24(30)21(34-26)15-17-11-13-18(14-12-17)28(3)4/h7-15,23H,6H2,1-5H3/b21-15+/t23-/m0/s1. The number of rotatable bonds is 6. The van der Waals surface area contributed by atoms with E-state index in [-0.39, 0.29) is 12.2 Å². The number of methoxy groups -OCH3 is 1. The van der Waals surface area contributed by atoms with Gasteiger partial charge in [-0.15, -0.1) is 0 Å². The molecule has 1 atom stereocenters. The fraction of sp³-hybridized carbons (Fsp3) is 0.269. The molecule has 2 aromatic carbocycles. The Balaban J connectivity index is 1.93. The number of hydrogen-bond donors (Lipinski definition) is 0. The van der Waals surface area contributed by atoms with Gasteiger partial charge in [0.2, 0.25) is 0 Å². The molecule has 0 saturated carbocycles. The minimum Gasteiger partial charge on any atom is -0.496 e. The smallest absolute Gasteiger partial charge is 0.338 e. The van der Waals surface area contributed by atoms with Crippen LogP contribution in [0.2, 0.25) is 0 Å². The van der Waals surface area contributed by atoms with E-state index in [4.69, 9.17) is 9.47 Å². The van der Waals surface area contributed by atoms with Crippen LogP contribution >= 0.6 is 11.3 Å². The van der Waals surface area contributed by atoms with E-state index in [2.05, 4.69) is 4.99 Å². The Hall–Kier alpha value is -3.65. The van der Waals surface area contributed by atoms with E-state index < -0.39 is 12.0 Å². The molecule has 0 unspecified atom stereocenters. The van der Waals surface area contributed by atoms with Crippen molar-refractivity contribution in [1.29, 1.82) is 0 Å². The van der Waals surface area contributed by atoms with Gasteiger partial charge >= 0.3 is 5.97 Å². The summed E-state index contributed by atoms with van der Waals surface area (Å²) in [5.41, 5.74) is 3.32. The number of carbonyl (C=O) groups excluding carboxylic acids is 1. The summed E-state index contributed by atoms with van der Waals surface area (Å²) in [5, 5.41) is 0. The molecular formula is C26H27N3O4S. The number of para-hydroxylation sites is 1. The van der Waals surface area contributed by atoms with Crippen molar-refractivity contribution in [2.24, 2.45) is 4.99 Å². The third-order valence-corrected chi connectivity index (χ3v) is 6.64. The van der Waals surface area contributed by atoms with Gasteiger partial charge in [0.05, 0.1) is 29.5 Å². The van der Waals surface area contributed by atoms with Gasteiger partial charge in [-0.25, -0.2) is 9.79 Å². The summed E-state index contributed by atoms with van der Waals surface area (Å²) in [5.74, 6) is 0.0889. The third-order valence-electron chi connectivity index (χ3n) is 5.66. The maximum atomic E-state index is 13.7. The van der Waals surface area contributed by atoms with Gasteiger partial charge in [0.1, 0.15) is 11.8 Å². The number of nitrogens with zero attached hydrogens (tertiary/aromatic N) is 3. The van der Waals surface area contributed by atoms with E-state index >= 15 is 0 Å². The van der Waals surface area contributed by atoms with Crippen LogP contribution in [0, 0.1) is 0 Å². The van der Waals surface area contributed by atoms with E-state index in [0.29, 0.717) is 31.9 Å².